The van der Waals surface area contributed by atoms with Gasteiger partial charge < -0.3 is 18.9 Å². The Kier molecular flexibility index (Phi) is 7.59. The van der Waals surface area contributed by atoms with Crippen LogP contribution in [0.4, 0.5) is 0 Å². The van der Waals surface area contributed by atoms with Gasteiger partial charge in [0.2, 0.25) is 17.6 Å². The molecule has 0 N–H and O–H groups in total. The Morgan fingerprint density at radius 1 is 1.17 bits per heavy atom. The summed E-state index contributed by atoms with van der Waals surface area (Å²) in [6, 6.07) is 12.9. The molecule has 0 atom stereocenters. The highest BCUT2D eigenvalue weighted by molar-refractivity contribution is 7.99. The van der Waals surface area contributed by atoms with Crippen molar-refractivity contribution in [1.29, 1.82) is 0 Å². The van der Waals surface area contributed by atoms with Crippen LogP contribution in [0, 0.1) is 0 Å². The minimum absolute atomic E-state index is 0.00163. The number of hydrogen-bond acceptors (Lipinski definition) is 7. The summed E-state index contributed by atoms with van der Waals surface area (Å²) >= 11 is 7.49. The summed E-state index contributed by atoms with van der Waals surface area (Å²) in [5.74, 6) is 2.65. The van der Waals surface area contributed by atoms with Crippen molar-refractivity contribution >= 4 is 29.3 Å². The summed E-state index contributed by atoms with van der Waals surface area (Å²) in [6.45, 7) is 0.232. The first kappa shape index (κ1) is 22.0. The van der Waals surface area contributed by atoms with Crippen molar-refractivity contribution in [3.8, 4) is 22.9 Å². The maximum atomic E-state index is 12.4. The van der Waals surface area contributed by atoms with E-state index in [-0.39, 0.29) is 12.5 Å². The number of thioether (sulfide) groups is 1. The van der Waals surface area contributed by atoms with Gasteiger partial charge >= 0.3 is 0 Å². The van der Waals surface area contributed by atoms with Gasteiger partial charge in [-0.25, -0.2) is 0 Å². The van der Waals surface area contributed by atoms with Crippen molar-refractivity contribution in [2.45, 2.75) is 17.9 Å². The van der Waals surface area contributed by atoms with Crippen LogP contribution < -0.4 is 9.47 Å². The Morgan fingerprint density at radius 3 is 2.63 bits per heavy atom. The second-order valence-corrected chi connectivity index (χ2v) is 7.98. The maximum absolute atomic E-state index is 12.4. The van der Waals surface area contributed by atoms with Gasteiger partial charge in [-0.1, -0.05) is 16.8 Å². The Morgan fingerprint density at radius 2 is 1.93 bits per heavy atom. The highest BCUT2D eigenvalue weighted by Crippen LogP contribution is 2.31. The van der Waals surface area contributed by atoms with Gasteiger partial charge in [-0.2, -0.15) is 4.98 Å². The zero-order chi connectivity index (χ0) is 21.5. The first-order chi connectivity index (χ1) is 14.5. The van der Waals surface area contributed by atoms with E-state index in [4.69, 9.17) is 25.6 Å². The molecule has 0 spiro atoms. The molecule has 3 aromatic rings. The number of carbonyl (C=O) groups excluding carboxylic acids is 1. The third-order valence-electron chi connectivity index (χ3n) is 4.31. The van der Waals surface area contributed by atoms with E-state index in [1.165, 1.54) is 0 Å². The van der Waals surface area contributed by atoms with Gasteiger partial charge in [0.25, 0.3) is 0 Å². The number of aromatic nitrogens is 2. The lowest BCUT2D eigenvalue weighted by Crippen LogP contribution is -2.26. The smallest absolute Gasteiger partial charge is 0.246 e. The highest BCUT2D eigenvalue weighted by atomic mass is 35.5. The predicted octanol–water partition coefficient (Wildman–Crippen LogP) is 4.55. The minimum atomic E-state index is -0.00163. The zero-order valence-corrected chi connectivity index (χ0v) is 18.5. The monoisotopic (exact) mass is 447 g/mol. The van der Waals surface area contributed by atoms with Crippen molar-refractivity contribution in [1.82, 2.24) is 15.0 Å². The lowest BCUT2D eigenvalue weighted by Gasteiger charge is -2.14. The number of hydrogen-bond donors (Lipinski definition) is 0. The number of amides is 1. The van der Waals surface area contributed by atoms with Gasteiger partial charge in [0.15, 0.2) is 0 Å². The summed E-state index contributed by atoms with van der Waals surface area (Å²) in [6.07, 6.45) is 0.400. The van der Waals surface area contributed by atoms with Gasteiger partial charge in [0.05, 0.1) is 26.3 Å². The molecular formula is C21H22ClN3O4S. The van der Waals surface area contributed by atoms with Crippen LogP contribution in [0.2, 0.25) is 5.02 Å². The first-order valence-electron chi connectivity index (χ1n) is 9.17. The predicted molar refractivity (Wildman–Crippen MR) is 116 cm³/mol. The summed E-state index contributed by atoms with van der Waals surface area (Å²) in [7, 11) is 4.86. The van der Waals surface area contributed by atoms with Crippen LogP contribution in [0.3, 0.4) is 0 Å². The molecule has 0 aliphatic heterocycles. The van der Waals surface area contributed by atoms with Crippen LogP contribution in [-0.4, -0.2) is 48.0 Å². The fourth-order valence-electron chi connectivity index (χ4n) is 2.68. The number of ether oxygens (including phenoxy) is 2. The van der Waals surface area contributed by atoms with E-state index in [9.17, 15) is 4.79 Å². The van der Waals surface area contributed by atoms with E-state index in [1.807, 2.05) is 24.3 Å². The first-order valence-corrected chi connectivity index (χ1v) is 10.5. The molecule has 0 radical (unpaired) electrons. The summed E-state index contributed by atoms with van der Waals surface area (Å²) in [5.41, 5.74) is 0.682. The molecule has 0 saturated heterocycles. The Bertz CT molecular complexity index is 994. The number of halogens is 1. The normalized spacial score (nSPS) is 10.7. The highest BCUT2D eigenvalue weighted by Gasteiger charge is 2.17. The third kappa shape index (κ3) is 5.67. The van der Waals surface area contributed by atoms with Crippen LogP contribution in [-0.2, 0) is 11.3 Å². The van der Waals surface area contributed by atoms with Crippen LogP contribution in [0.5, 0.6) is 11.5 Å². The second-order valence-electron chi connectivity index (χ2n) is 6.38. The molecule has 158 valence electrons. The molecule has 9 heteroatoms. The summed E-state index contributed by atoms with van der Waals surface area (Å²) in [4.78, 5) is 19.4. The number of methoxy groups -OCH3 is 2. The van der Waals surface area contributed by atoms with E-state index >= 15 is 0 Å². The molecule has 0 saturated carbocycles. The summed E-state index contributed by atoms with van der Waals surface area (Å²) < 4.78 is 15.9. The number of benzene rings is 2. The quantitative estimate of drug-likeness (QED) is 0.445. The lowest BCUT2D eigenvalue weighted by molar-refractivity contribution is -0.130. The molecule has 0 aliphatic carbocycles. The number of carbonyl (C=O) groups is 1. The maximum Gasteiger partial charge on any atom is 0.246 e. The molecule has 1 amide bonds. The van der Waals surface area contributed by atoms with Crippen molar-refractivity contribution in [3.63, 3.8) is 0 Å². The average Bonchev–Trinajstić information content (AvgIpc) is 3.22. The Labute approximate surface area is 184 Å². The number of nitrogens with zero attached hydrogens (tertiary/aromatic N) is 3. The average molecular weight is 448 g/mol. The molecule has 0 bridgehead atoms. The molecule has 3 rings (SSSR count). The van der Waals surface area contributed by atoms with Gasteiger partial charge in [0.1, 0.15) is 11.5 Å². The van der Waals surface area contributed by atoms with E-state index in [0.29, 0.717) is 46.0 Å². The molecule has 0 aliphatic rings. The topological polar surface area (TPSA) is 77.7 Å². The van der Waals surface area contributed by atoms with E-state index in [2.05, 4.69) is 10.1 Å². The van der Waals surface area contributed by atoms with Gasteiger partial charge in [-0.05, 0) is 36.4 Å². The SMILES string of the molecule is COc1ccc(-c2noc(CN(C)C(=O)CCSc3ccc(Cl)cc3)n2)c(OC)c1. The van der Waals surface area contributed by atoms with Crippen molar-refractivity contribution in [2.24, 2.45) is 0 Å². The molecule has 1 aromatic heterocycles. The summed E-state index contributed by atoms with van der Waals surface area (Å²) in [5, 5.41) is 4.71. The van der Waals surface area contributed by atoms with Crippen molar-refractivity contribution in [3.05, 3.63) is 53.4 Å². The van der Waals surface area contributed by atoms with E-state index in [1.54, 1.807) is 56.1 Å². The molecular weight excluding hydrogens is 426 g/mol. The van der Waals surface area contributed by atoms with Gasteiger partial charge in [0, 0.05) is 35.2 Å². The van der Waals surface area contributed by atoms with Gasteiger partial charge in [-0.3, -0.25) is 4.79 Å². The van der Waals surface area contributed by atoms with E-state index < -0.39 is 0 Å². The van der Waals surface area contributed by atoms with Gasteiger partial charge in [-0.15, -0.1) is 11.8 Å². The van der Waals surface area contributed by atoms with Crippen LogP contribution >= 0.6 is 23.4 Å². The zero-order valence-electron chi connectivity index (χ0n) is 16.9. The largest absolute Gasteiger partial charge is 0.497 e. The van der Waals surface area contributed by atoms with Crippen molar-refractivity contribution in [2.75, 3.05) is 27.0 Å². The Hall–Kier alpha value is -2.71. The molecule has 1 heterocycles. The fourth-order valence-corrected chi connectivity index (χ4v) is 3.65. The van der Waals surface area contributed by atoms with Crippen LogP contribution in [0.15, 0.2) is 51.9 Å². The molecule has 0 unspecified atom stereocenters. The fraction of sp³-hybridized carbons (Fsp3) is 0.286. The standard InChI is InChI=1S/C21H22ClN3O4S/c1-25(20(26)10-11-30-16-7-4-14(22)5-8-16)13-19-23-21(24-29-19)17-9-6-15(27-2)12-18(17)28-3/h4-9,12H,10-11,13H2,1-3H3. The van der Waals surface area contributed by atoms with Crippen LogP contribution in [0.25, 0.3) is 11.4 Å². The second kappa shape index (κ2) is 10.4. The minimum Gasteiger partial charge on any atom is -0.497 e. The Balaban J connectivity index is 1.56. The van der Waals surface area contributed by atoms with Crippen LogP contribution in [0.1, 0.15) is 12.3 Å². The molecule has 2 aromatic carbocycles. The third-order valence-corrected chi connectivity index (χ3v) is 5.58. The molecule has 0 fully saturated rings. The molecule has 30 heavy (non-hydrogen) atoms. The number of rotatable bonds is 9. The van der Waals surface area contributed by atoms with Crippen molar-refractivity contribution < 1.29 is 18.8 Å². The lowest BCUT2D eigenvalue weighted by atomic mass is 10.2. The van der Waals surface area contributed by atoms with E-state index in [0.717, 1.165) is 4.90 Å². The molecule has 7 nitrogen and oxygen atoms in total.